The number of aliphatic imine (C=N–C) groups is 1. The van der Waals surface area contributed by atoms with E-state index < -0.39 is 11.6 Å². The van der Waals surface area contributed by atoms with Gasteiger partial charge in [0.05, 0.1) is 13.7 Å². The van der Waals surface area contributed by atoms with E-state index in [0.717, 1.165) is 0 Å². The fraction of sp³-hybridized carbons (Fsp3) is 0.769. The largest absolute Gasteiger partial charge is 0.483 e. The Balaban J connectivity index is 2.44. The van der Waals surface area contributed by atoms with Crippen LogP contribution in [0.3, 0.4) is 0 Å². The molecule has 0 bridgehead atoms. The first-order valence-corrected chi connectivity index (χ1v) is 6.35. The molecule has 2 aliphatic rings. The summed E-state index contributed by atoms with van der Waals surface area (Å²) in [7, 11) is 1.58. The van der Waals surface area contributed by atoms with Crippen LogP contribution in [0.15, 0.2) is 4.99 Å². The van der Waals surface area contributed by atoms with Crippen LogP contribution in [0.25, 0.3) is 0 Å². The molecule has 5 heteroatoms. The van der Waals surface area contributed by atoms with Crippen molar-refractivity contribution in [3.05, 3.63) is 0 Å². The molecule has 1 saturated heterocycles. The van der Waals surface area contributed by atoms with Crippen molar-refractivity contribution < 1.29 is 14.3 Å². The highest BCUT2D eigenvalue weighted by Gasteiger charge is 2.50. The monoisotopic (exact) mass is 252 g/mol. The fourth-order valence-corrected chi connectivity index (χ4v) is 2.68. The molecule has 18 heavy (non-hydrogen) atoms. The zero-order valence-electron chi connectivity index (χ0n) is 11.4. The lowest BCUT2D eigenvalue weighted by Gasteiger charge is -2.48. The first kappa shape index (κ1) is 13.1. The molecule has 0 radical (unpaired) electrons. The summed E-state index contributed by atoms with van der Waals surface area (Å²) in [6, 6.07) is -0.432. The highest BCUT2D eigenvalue weighted by atomic mass is 16.5. The van der Waals surface area contributed by atoms with Crippen LogP contribution >= 0.6 is 0 Å². The third kappa shape index (κ3) is 1.82. The second-order valence-corrected chi connectivity index (χ2v) is 5.56. The molecular formula is C13H20N2O3. The lowest BCUT2D eigenvalue weighted by atomic mass is 9.84. The first-order chi connectivity index (χ1) is 8.40. The van der Waals surface area contributed by atoms with Crippen LogP contribution in [-0.4, -0.2) is 47.7 Å². The summed E-state index contributed by atoms with van der Waals surface area (Å²) < 4.78 is 5.37. The third-order valence-electron chi connectivity index (χ3n) is 3.88. The van der Waals surface area contributed by atoms with E-state index >= 15 is 0 Å². The molecule has 1 fully saturated rings. The van der Waals surface area contributed by atoms with Crippen molar-refractivity contribution in [1.82, 2.24) is 4.90 Å². The van der Waals surface area contributed by atoms with Crippen LogP contribution in [-0.2, 0) is 14.3 Å². The average Bonchev–Trinajstić information content (AvgIpc) is 2.31. The van der Waals surface area contributed by atoms with Crippen LogP contribution in [0, 0.1) is 5.92 Å². The summed E-state index contributed by atoms with van der Waals surface area (Å²) in [6.07, 6.45) is 1.07. The number of methoxy groups -OCH3 is 1. The molecular weight excluding hydrogens is 232 g/mol. The summed E-state index contributed by atoms with van der Waals surface area (Å²) in [5.41, 5.74) is -0.550. The Morgan fingerprint density at radius 3 is 2.67 bits per heavy atom. The van der Waals surface area contributed by atoms with Crippen LogP contribution in [0.2, 0.25) is 0 Å². The minimum Gasteiger partial charge on any atom is -0.483 e. The second-order valence-electron chi connectivity index (χ2n) is 5.56. The minimum atomic E-state index is -0.550. The molecule has 0 unspecified atom stereocenters. The van der Waals surface area contributed by atoms with Crippen molar-refractivity contribution in [3.63, 3.8) is 0 Å². The smallest absolute Gasteiger partial charge is 0.249 e. The Kier molecular flexibility index (Phi) is 3.17. The number of fused-ring (bicyclic) bond motifs is 1. The summed E-state index contributed by atoms with van der Waals surface area (Å²) in [5, 5.41) is 0. The number of piperidine rings is 1. The predicted octanol–water partition coefficient (Wildman–Crippen LogP) is 1.02. The zero-order chi connectivity index (χ0) is 13.5. The van der Waals surface area contributed by atoms with Crippen molar-refractivity contribution in [1.29, 1.82) is 0 Å². The zero-order valence-corrected chi connectivity index (χ0v) is 11.4. The molecule has 0 saturated carbocycles. The lowest BCUT2D eigenvalue weighted by molar-refractivity contribution is -0.146. The molecule has 100 valence electrons. The van der Waals surface area contributed by atoms with Crippen molar-refractivity contribution in [2.45, 2.75) is 45.2 Å². The molecule has 0 N–H and O–H groups in total. The van der Waals surface area contributed by atoms with Crippen LogP contribution in [0.4, 0.5) is 0 Å². The fourth-order valence-electron chi connectivity index (χ4n) is 2.68. The van der Waals surface area contributed by atoms with Gasteiger partial charge in [-0.3, -0.25) is 9.59 Å². The SMILES string of the molecule is COC1=N[C@@H](C(C)C)C(=O)N2CC(=O)CC[C@]12C. The molecule has 1 amide bonds. The molecule has 5 nitrogen and oxygen atoms in total. The molecule has 0 aromatic rings. The summed E-state index contributed by atoms with van der Waals surface area (Å²) in [5.74, 6) is 0.736. The Hall–Kier alpha value is -1.39. The highest BCUT2D eigenvalue weighted by Crippen LogP contribution is 2.34. The van der Waals surface area contributed by atoms with E-state index in [1.165, 1.54) is 0 Å². The van der Waals surface area contributed by atoms with Gasteiger partial charge in [-0.1, -0.05) is 13.8 Å². The third-order valence-corrected chi connectivity index (χ3v) is 3.88. The van der Waals surface area contributed by atoms with Crippen molar-refractivity contribution in [3.8, 4) is 0 Å². The van der Waals surface area contributed by atoms with Gasteiger partial charge in [-0.15, -0.1) is 0 Å². The lowest BCUT2D eigenvalue weighted by Crippen LogP contribution is -2.65. The van der Waals surface area contributed by atoms with Gasteiger partial charge in [0.15, 0.2) is 5.78 Å². The van der Waals surface area contributed by atoms with Crippen molar-refractivity contribution >= 4 is 17.6 Å². The van der Waals surface area contributed by atoms with E-state index in [2.05, 4.69) is 4.99 Å². The number of Topliss-reactive ketones (excluding diaryl/α,β-unsaturated/α-hetero) is 1. The summed E-state index contributed by atoms with van der Waals surface area (Å²) in [4.78, 5) is 30.1. The van der Waals surface area contributed by atoms with Gasteiger partial charge in [0.1, 0.15) is 11.6 Å². The number of rotatable bonds is 1. The van der Waals surface area contributed by atoms with E-state index in [4.69, 9.17) is 4.74 Å². The van der Waals surface area contributed by atoms with Gasteiger partial charge in [-0.25, -0.2) is 4.99 Å². The van der Waals surface area contributed by atoms with Crippen molar-refractivity contribution in [2.24, 2.45) is 10.9 Å². The van der Waals surface area contributed by atoms with Crippen LogP contribution in [0.1, 0.15) is 33.6 Å². The summed E-state index contributed by atoms with van der Waals surface area (Å²) >= 11 is 0. The highest BCUT2D eigenvalue weighted by molar-refractivity contribution is 6.01. The molecule has 0 aromatic carbocycles. The van der Waals surface area contributed by atoms with Gasteiger partial charge in [-0.05, 0) is 19.3 Å². The maximum Gasteiger partial charge on any atom is 0.249 e. The molecule has 0 aromatic heterocycles. The number of nitrogens with zero attached hydrogens (tertiary/aromatic N) is 2. The van der Waals surface area contributed by atoms with Crippen molar-refractivity contribution in [2.75, 3.05) is 13.7 Å². The number of carbonyl (C=O) groups excluding carboxylic acids is 2. The second kappa shape index (κ2) is 4.37. The molecule has 2 rings (SSSR count). The molecule has 0 aliphatic carbocycles. The number of ether oxygens (including phenoxy) is 1. The maximum absolute atomic E-state index is 12.4. The first-order valence-electron chi connectivity index (χ1n) is 6.35. The van der Waals surface area contributed by atoms with E-state index in [1.54, 1.807) is 12.0 Å². The van der Waals surface area contributed by atoms with Gasteiger partial charge < -0.3 is 9.64 Å². The number of hydrogen-bond donors (Lipinski definition) is 0. The predicted molar refractivity (Wildman–Crippen MR) is 67.4 cm³/mol. The quantitative estimate of drug-likeness (QED) is 0.700. The topological polar surface area (TPSA) is 59.0 Å². The Bertz CT molecular complexity index is 416. The van der Waals surface area contributed by atoms with Gasteiger partial charge in [0.2, 0.25) is 11.8 Å². The van der Waals surface area contributed by atoms with E-state index in [9.17, 15) is 9.59 Å². The Labute approximate surface area is 107 Å². The number of amides is 1. The van der Waals surface area contributed by atoms with Gasteiger partial charge in [0, 0.05) is 6.42 Å². The normalized spacial score (nSPS) is 32.4. The number of ketones is 1. The average molecular weight is 252 g/mol. The molecule has 2 atom stereocenters. The number of hydrogen-bond acceptors (Lipinski definition) is 4. The van der Waals surface area contributed by atoms with E-state index in [1.807, 2.05) is 20.8 Å². The molecule has 2 aliphatic heterocycles. The Morgan fingerprint density at radius 1 is 1.44 bits per heavy atom. The van der Waals surface area contributed by atoms with Gasteiger partial charge >= 0.3 is 0 Å². The molecule has 2 heterocycles. The van der Waals surface area contributed by atoms with Gasteiger partial charge in [0.25, 0.3) is 0 Å². The summed E-state index contributed by atoms with van der Waals surface area (Å²) in [6.45, 7) is 6.01. The van der Waals surface area contributed by atoms with E-state index in [-0.39, 0.29) is 24.2 Å². The van der Waals surface area contributed by atoms with Crippen LogP contribution < -0.4 is 0 Å². The minimum absolute atomic E-state index is 0.0543. The van der Waals surface area contributed by atoms with Crippen LogP contribution in [0.5, 0.6) is 0 Å². The standard InChI is InChI=1S/C13H20N2O3/c1-8(2)10-11(17)15-7-9(16)5-6-13(15,3)12(14-10)18-4/h8,10H,5-7H2,1-4H3/t10-,13+/m0/s1. The Morgan fingerprint density at radius 2 is 2.11 bits per heavy atom. The number of carbonyl (C=O) groups is 2. The molecule has 0 spiro atoms. The maximum atomic E-state index is 12.4. The van der Waals surface area contributed by atoms with E-state index in [0.29, 0.717) is 18.7 Å². The van der Waals surface area contributed by atoms with Gasteiger partial charge in [-0.2, -0.15) is 0 Å².